The molecule has 0 unspecified atom stereocenters. The van der Waals surface area contributed by atoms with Crippen LogP contribution in [0.15, 0.2) is 29.2 Å². The van der Waals surface area contributed by atoms with Crippen LogP contribution in [-0.4, -0.2) is 30.2 Å². The molecule has 0 spiro atoms. The minimum atomic E-state index is 0.147. The summed E-state index contributed by atoms with van der Waals surface area (Å²) in [4.78, 5) is 15.3. The van der Waals surface area contributed by atoms with Crippen LogP contribution in [0.3, 0.4) is 0 Å². The normalized spacial score (nSPS) is 10.3. The van der Waals surface area contributed by atoms with Crippen LogP contribution in [0, 0.1) is 0 Å². The van der Waals surface area contributed by atoms with E-state index in [0.717, 1.165) is 31.5 Å². The molecular weight excluding hydrogens is 230 g/mol. The second kappa shape index (κ2) is 7.38. The molecule has 17 heavy (non-hydrogen) atoms. The molecule has 0 saturated carbocycles. The van der Waals surface area contributed by atoms with Crippen LogP contribution in [0.1, 0.15) is 37.0 Å². The summed E-state index contributed by atoms with van der Waals surface area (Å²) in [5, 5.41) is 0. The van der Waals surface area contributed by atoms with Crippen molar-refractivity contribution in [1.82, 2.24) is 4.90 Å². The predicted molar refractivity (Wildman–Crippen MR) is 74.7 cm³/mol. The summed E-state index contributed by atoms with van der Waals surface area (Å²) in [7, 11) is 0. The number of unbranched alkanes of at least 4 members (excludes halogenated alkanes) is 1. The van der Waals surface area contributed by atoms with E-state index >= 15 is 0 Å². The molecule has 94 valence electrons. The first-order valence-corrected chi connectivity index (χ1v) is 7.38. The van der Waals surface area contributed by atoms with E-state index < -0.39 is 0 Å². The minimum Gasteiger partial charge on any atom is -0.339 e. The Morgan fingerprint density at radius 2 is 1.88 bits per heavy atom. The van der Waals surface area contributed by atoms with Gasteiger partial charge in [0.25, 0.3) is 5.91 Å². The Bertz CT molecular complexity index is 348. The van der Waals surface area contributed by atoms with Crippen LogP contribution in [0.5, 0.6) is 0 Å². The molecule has 0 aliphatic carbocycles. The van der Waals surface area contributed by atoms with Gasteiger partial charge in [0.15, 0.2) is 0 Å². The Morgan fingerprint density at radius 1 is 1.24 bits per heavy atom. The summed E-state index contributed by atoms with van der Waals surface area (Å²) in [6, 6.07) is 7.85. The highest BCUT2D eigenvalue weighted by Gasteiger charge is 2.12. The van der Waals surface area contributed by atoms with E-state index in [4.69, 9.17) is 0 Å². The monoisotopic (exact) mass is 251 g/mol. The van der Waals surface area contributed by atoms with Gasteiger partial charge in [0, 0.05) is 23.5 Å². The molecular formula is C14H21NOS. The molecule has 1 amide bonds. The van der Waals surface area contributed by atoms with E-state index in [1.165, 1.54) is 4.90 Å². The third kappa shape index (κ3) is 4.08. The summed E-state index contributed by atoms with van der Waals surface area (Å²) >= 11 is 1.69. The van der Waals surface area contributed by atoms with Crippen LogP contribution in [0.2, 0.25) is 0 Å². The van der Waals surface area contributed by atoms with Crippen molar-refractivity contribution in [1.29, 1.82) is 0 Å². The zero-order chi connectivity index (χ0) is 12.7. The Morgan fingerprint density at radius 3 is 2.35 bits per heavy atom. The largest absolute Gasteiger partial charge is 0.339 e. The number of hydrogen-bond acceptors (Lipinski definition) is 2. The molecule has 1 aromatic rings. The zero-order valence-electron chi connectivity index (χ0n) is 10.9. The SMILES string of the molecule is CCCCN(CC)C(=O)c1ccc(SC)cc1. The summed E-state index contributed by atoms with van der Waals surface area (Å²) in [5.74, 6) is 0.147. The highest BCUT2D eigenvalue weighted by Crippen LogP contribution is 2.16. The van der Waals surface area contributed by atoms with Gasteiger partial charge in [0.05, 0.1) is 0 Å². The predicted octanol–water partition coefficient (Wildman–Crippen LogP) is 3.67. The maximum Gasteiger partial charge on any atom is 0.253 e. The lowest BCUT2D eigenvalue weighted by atomic mass is 10.2. The minimum absolute atomic E-state index is 0.147. The van der Waals surface area contributed by atoms with Crippen molar-refractivity contribution in [3.63, 3.8) is 0 Å². The summed E-state index contributed by atoms with van der Waals surface area (Å²) in [6.45, 7) is 5.81. The van der Waals surface area contributed by atoms with Gasteiger partial charge in [0.2, 0.25) is 0 Å². The van der Waals surface area contributed by atoms with Crippen molar-refractivity contribution >= 4 is 17.7 Å². The highest BCUT2D eigenvalue weighted by atomic mass is 32.2. The third-order valence-electron chi connectivity index (χ3n) is 2.79. The Kier molecular flexibility index (Phi) is 6.12. The van der Waals surface area contributed by atoms with E-state index in [2.05, 4.69) is 6.92 Å². The van der Waals surface area contributed by atoms with Gasteiger partial charge in [-0.1, -0.05) is 13.3 Å². The lowest BCUT2D eigenvalue weighted by molar-refractivity contribution is 0.0762. The second-order valence-electron chi connectivity index (χ2n) is 3.97. The van der Waals surface area contributed by atoms with E-state index in [1.807, 2.05) is 42.3 Å². The molecule has 1 aromatic carbocycles. The molecule has 0 radical (unpaired) electrons. The molecule has 0 bridgehead atoms. The fraction of sp³-hybridized carbons (Fsp3) is 0.500. The van der Waals surface area contributed by atoms with Gasteiger partial charge in [0.1, 0.15) is 0 Å². The lowest BCUT2D eigenvalue weighted by Crippen LogP contribution is -2.31. The van der Waals surface area contributed by atoms with Gasteiger partial charge in [-0.3, -0.25) is 4.79 Å². The fourth-order valence-electron chi connectivity index (χ4n) is 1.67. The summed E-state index contributed by atoms with van der Waals surface area (Å²) in [5.41, 5.74) is 0.792. The van der Waals surface area contributed by atoms with Gasteiger partial charge in [-0.25, -0.2) is 0 Å². The molecule has 0 N–H and O–H groups in total. The first-order valence-electron chi connectivity index (χ1n) is 6.16. The molecule has 3 heteroatoms. The summed E-state index contributed by atoms with van der Waals surface area (Å²) in [6.07, 6.45) is 4.23. The number of rotatable bonds is 6. The molecule has 0 heterocycles. The van der Waals surface area contributed by atoms with Gasteiger partial charge < -0.3 is 4.90 Å². The number of carbonyl (C=O) groups is 1. The number of carbonyl (C=O) groups excluding carboxylic acids is 1. The molecule has 0 aliphatic rings. The standard InChI is InChI=1S/C14H21NOS/c1-4-6-11-15(5-2)14(16)12-7-9-13(17-3)10-8-12/h7-10H,4-6,11H2,1-3H3. The number of amides is 1. The molecule has 0 fully saturated rings. The molecule has 0 aromatic heterocycles. The Hall–Kier alpha value is -0.960. The van der Waals surface area contributed by atoms with Crippen molar-refractivity contribution in [3.8, 4) is 0 Å². The number of hydrogen-bond donors (Lipinski definition) is 0. The molecule has 0 saturated heterocycles. The number of nitrogens with zero attached hydrogens (tertiary/aromatic N) is 1. The number of benzene rings is 1. The van der Waals surface area contributed by atoms with E-state index in [9.17, 15) is 4.79 Å². The topological polar surface area (TPSA) is 20.3 Å². The lowest BCUT2D eigenvalue weighted by Gasteiger charge is -2.20. The van der Waals surface area contributed by atoms with Crippen LogP contribution < -0.4 is 0 Å². The average Bonchev–Trinajstić information content (AvgIpc) is 2.39. The van der Waals surface area contributed by atoms with Crippen molar-refractivity contribution in [2.75, 3.05) is 19.3 Å². The van der Waals surface area contributed by atoms with Crippen LogP contribution in [0.25, 0.3) is 0 Å². The quantitative estimate of drug-likeness (QED) is 0.719. The molecule has 0 atom stereocenters. The van der Waals surface area contributed by atoms with Crippen LogP contribution >= 0.6 is 11.8 Å². The van der Waals surface area contributed by atoms with E-state index in [1.54, 1.807) is 11.8 Å². The molecule has 0 aliphatic heterocycles. The second-order valence-corrected chi connectivity index (χ2v) is 4.85. The Balaban J connectivity index is 2.71. The van der Waals surface area contributed by atoms with Gasteiger partial charge in [-0.15, -0.1) is 11.8 Å². The van der Waals surface area contributed by atoms with E-state index in [0.29, 0.717) is 0 Å². The van der Waals surface area contributed by atoms with Crippen LogP contribution in [0.4, 0.5) is 0 Å². The van der Waals surface area contributed by atoms with E-state index in [-0.39, 0.29) is 5.91 Å². The van der Waals surface area contributed by atoms with Crippen LogP contribution in [-0.2, 0) is 0 Å². The van der Waals surface area contributed by atoms with Crippen molar-refractivity contribution in [2.45, 2.75) is 31.6 Å². The van der Waals surface area contributed by atoms with Crippen molar-refractivity contribution in [3.05, 3.63) is 29.8 Å². The maximum absolute atomic E-state index is 12.2. The fourth-order valence-corrected chi connectivity index (χ4v) is 2.08. The maximum atomic E-state index is 12.2. The highest BCUT2D eigenvalue weighted by molar-refractivity contribution is 7.98. The number of thioether (sulfide) groups is 1. The smallest absolute Gasteiger partial charge is 0.253 e. The third-order valence-corrected chi connectivity index (χ3v) is 3.53. The van der Waals surface area contributed by atoms with Crippen molar-refractivity contribution in [2.24, 2.45) is 0 Å². The molecule has 2 nitrogen and oxygen atoms in total. The van der Waals surface area contributed by atoms with Gasteiger partial charge in [-0.2, -0.15) is 0 Å². The zero-order valence-corrected chi connectivity index (χ0v) is 11.7. The Labute approximate surface area is 108 Å². The van der Waals surface area contributed by atoms with Gasteiger partial charge in [-0.05, 0) is 43.9 Å². The van der Waals surface area contributed by atoms with Gasteiger partial charge >= 0.3 is 0 Å². The summed E-state index contributed by atoms with van der Waals surface area (Å²) < 4.78 is 0. The average molecular weight is 251 g/mol. The van der Waals surface area contributed by atoms with Crippen molar-refractivity contribution < 1.29 is 4.79 Å². The first kappa shape index (κ1) is 14.1. The molecule has 1 rings (SSSR count). The first-order chi connectivity index (χ1) is 8.22.